The molecule has 0 saturated heterocycles. The van der Waals surface area contributed by atoms with Crippen molar-refractivity contribution in [1.82, 2.24) is 4.90 Å². The van der Waals surface area contributed by atoms with Gasteiger partial charge in [-0.25, -0.2) is 0 Å². The molecule has 25 heavy (non-hydrogen) atoms. The Kier molecular flexibility index (Phi) is 6.56. The fourth-order valence-corrected chi connectivity index (χ4v) is 2.44. The number of nitrogens with zero attached hydrogens (tertiary/aromatic N) is 1. The van der Waals surface area contributed by atoms with Gasteiger partial charge in [0.25, 0.3) is 0 Å². The first kappa shape index (κ1) is 19.0. The highest BCUT2D eigenvalue weighted by atomic mass is 35.5. The highest BCUT2D eigenvalue weighted by Gasteiger charge is 2.15. The predicted molar refractivity (Wildman–Crippen MR) is 102 cm³/mol. The molecule has 5 nitrogen and oxygen atoms in total. The molecule has 0 radical (unpaired) electrons. The van der Waals surface area contributed by atoms with Crippen LogP contribution in [0, 0.1) is 0 Å². The molecule has 0 aliphatic heterocycles. The number of hydrogen-bond donors (Lipinski definition) is 2. The van der Waals surface area contributed by atoms with Gasteiger partial charge in [-0.2, -0.15) is 0 Å². The van der Waals surface area contributed by atoms with E-state index in [-0.39, 0.29) is 17.7 Å². The van der Waals surface area contributed by atoms with Gasteiger partial charge in [-0.1, -0.05) is 29.8 Å². The Labute approximate surface area is 153 Å². The van der Waals surface area contributed by atoms with E-state index in [0.29, 0.717) is 22.9 Å². The van der Waals surface area contributed by atoms with Crippen molar-refractivity contribution in [2.75, 3.05) is 31.3 Å². The average Bonchev–Trinajstić information content (AvgIpc) is 2.54. The molecule has 2 aromatic rings. The van der Waals surface area contributed by atoms with E-state index < -0.39 is 0 Å². The van der Waals surface area contributed by atoms with E-state index in [9.17, 15) is 9.59 Å². The second-order valence-corrected chi connectivity index (χ2v) is 6.57. The summed E-state index contributed by atoms with van der Waals surface area (Å²) in [6.07, 6.45) is 0. The molecule has 0 bridgehead atoms. The number of nitrogens with one attached hydrogen (secondary N) is 2. The van der Waals surface area contributed by atoms with Crippen molar-refractivity contribution in [2.24, 2.45) is 0 Å². The van der Waals surface area contributed by atoms with Crippen molar-refractivity contribution in [2.45, 2.75) is 12.8 Å². The van der Waals surface area contributed by atoms with Crippen molar-refractivity contribution in [3.63, 3.8) is 0 Å². The van der Waals surface area contributed by atoms with Gasteiger partial charge in [-0.3, -0.25) is 9.59 Å². The molecule has 0 saturated carbocycles. The zero-order chi connectivity index (χ0) is 18.4. The van der Waals surface area contributed by atoms with Crippen LogP contribution in [-0.2, 0) is 9.59 Å². The van der Waals surface area contributed by atoms with E-state index in [2.05, 4.69) is 10.6 Å². The molecule has 0 spiro atoms. The van der Waals surface area contributed by atoms with E-state index in [4.69, 9.17) is 11.6 Å². The molecule has 2 aromatic carbocycles. The normalized spacial score (nSPS) is 11.9. The first-order chi connectivity index (χ1) is 11.8. The minimum atomic E-state index is -0.316. The van der Waals surface area contributed by atoms with Gasteiger partial charge in [-0.15, -0.1) is 0 Å². The van der Waals surface area contributed by atoms with E-state index in [1.165, 1.54) is 0 Å². The van der Waals surface area contributed by atoms with E-state index in [1.54, 1.807) is 41.3 Å². The molecule has 2 N–H and O–H groups in total. The summed E-state index contributed by atoms with van der Waals surface area (Å²) in [5.74, 6) is -0.550. The Morgan fingerprint density at radius 1 is 1.04 bits per heavy atom. The van der Waals surface area contributed by atoms with E-state index in [1.807, 2.05) is 33.2 Å². The second-order valence-electron chi connectivity index (χ2n) is 6.13. The third-order valence-electron chi connectivity index (χ3n) is 3.64. The van der Waals surface area contributed by atoms with Gasteiger partial charge in [0.1, 0.15) is 0 Å². The molecule has 1 atom stereocenters. The van der Waals surface area contributed by atoms with Gasteiger partial charge in [-0.05, 0) is 56.9 Å². The van der Waals surface area contributed by atoms with Crippen LogP contribution in [0.15, 0.2) is 48.5 Å². The number of halogens is 1. The molecule has 0 aliphatic carbocycles. The Balaban J connectivity index is 2.02. The van der Waals surface area contributed by atoms with Crippen molar-refractivity contribution in [1.29, 1.82) is 0 Å². The number of anilines is 2. The van der Waals surface area contributed by atoms with Gasteiger partial charge in [0.2, 0.25) is 11.8 Å². The Morgan fingerprint density at radius 2 is 1.64 bits per heavy atom. The lowest BCUT2D eigenvalue weighted by Crippen LogP contribution is -2.27. The maximum atomic E-state index is 12.4. The molecule has 0 heterocycles. The van der Waals surface area contributed by atoms with Crippen LogP contribution in [0.1, 0.15) is 18.4 Å². The summed E-state index contributed by atoms with van der Waals surface area (Å²) >= 11 is 5.88. The number of amides is 2. The molecule has 2 amide bonds. The van der Waals surface area contributed by atoms with Gasteiger partial charge < -0.3 is 15.5 Å². The molecule has 1 unspecified atom stereocenters. The number of benzene rings is 2. The minimum Gasteiger partial charge on any atom is -0.325 e. The first-order valence-electron chi connectivity index (χ1n) is 7.96. The van der Waals surface area contributed by atoms with Crippen LogP contribution in [0.5, 0.6) is 0 Å². The maximum absolute atomic E-state index is 12.4. The van der Waals surface area contributed by atoms with Gasteiger partial charge in [0, 0.05) is 16.4 Å². The number of carbonyl (C=O) groups is 2. The Morgan fingerprint density at radius 3 is 2.24 bits per heavy atom. The van der Waals surface area contributed by atoms with Gasteiger partial charge >= 0.3 is 0 Å². The number of hydrogen-bond acceptors (Lipinski definition) is 3. The third-order valence-corrected chi connectivity index (χ3v) is 3.89. The fourth-order valence-electron chi connectivity index (χ4n) is 2.32. The SMILES string of the molecule is CC(C(=O)Nc1cccc(NC(=O)CN(C)C)c1)c1ccc(Cl)cc1. The topological polar surface area (TPSA) is 61.4 Å². The van der Waals surface area contributed by atoms with Gasteiger partial charge in [0.15, 0.2) is 0 Å². The summed E-state index contributed by atoms with van der Waals surface area (Å²) in [5.41, 5.74) is 2.16. The van der Waals surface area contributed by atoms with Gasteiger partial charge in [0.05, 0.1) is 12.5 Å². The molecule has 132 valence electrons. The quantitative estimate of drug-likeness (QED) is 0.828. The fraction of sp³-hybridized carbons (Fsp3) is 0.263. The van der Waals surface area contributed by atoms with Crippen molar-refractivity contribution < 1.29 is 9.59 Å². The second kappa shape index (κ2) is 8.65. The van der Waals surface area contributed by atoms with Crippen LogP contribution in [-0.4, -0.2) is 37.4 Å². The molecule has 0 aliphatic rings. The highest BCUT2D eigenvalue weighted by Crippen LogP contribution is 2.21. The number of carbonyl (C=O) groups excluding carboxylic acids is 2. The predicted octanol–water partition coefficient (Wildman–Crippen LogP) is 3.58. The van der Waals surface area contributed by atoms with Crippen LogP contribution in [0.4, 0.5) is 11.4 Å². The Bertz CT molecular complexity index is 745. The van der Waals surface area contributed by atoms with E-state index in [0.717, 1.165) is 5.56 Å². The monoisotopic (exact) mass is 359 g/mol. The largest absolute Gasteiger partial charge is 0.325 e. The lowest BCUT2D eigenvalue weighted by molar-refractivity contribution is -0.117. The maximum Gasteiger partial charge on any atom is 0.238 e. The Hall–Kier alpha value is -2.37. The van der Waals surface area contributed by atoms with Crippen molar-refractivity contribution in [3.8, 4) is 0 Å². The summed E-state index contributed by atoms with van der Waals surface area (Å²) in [6, 6.07) is 14.3. The highest BCUT2D eigenvalue weighted by molar-refractivity contribution is 6.30. The standard InChI is InChI=1S/C19H22ClN3O2/c1-13(14-7-9-15(20)10-8-14)19(25)22-17-6-4-5-16(11-17)21-18(24)12-23(2)3/h4-11,13H,12H2,1-3H3,(H,21,24)(H,22,25). The van der Waals surface area contributed by atoms with E-state index >= 15 is 0 Å². The summed E-state index contributed by atoms with van der Waals surface area (Å²) in [4.78, 5) is 26.1. The molecule has 6 heteroatoms. The molecule has 0 aromatic heterocycles. The van der Waals surface area contributed by atoms with Crippen LogP contribution in [0.2, 0.25) is 5.02 Å². The first-order valence-corrected chi connectivity index (χ1v) is 8.34. The molecule has 2 rings (SSSR count). The number of rotatable bonds is 6. The van der Waals surface area contributed by atoms with Crippen LogP contribution in [0.3, 0.4) is 0 Å². The van der Waals surface area contributed by atoms with Crippen LogP contribution < -0.4 is 10.6 Å². The smallest absolute Gasteiger partial charge is 0.238 e. The summed E-state index contributed by atoms with van der Waals surface area (Å²) < 4.78 is 0. The minimum absolute atomic E-state index is 0.108. The van der Waals surface area contributed by atoms with Crippen LogP contribution >= 0.6 is 11.6 Å². The lowest BCUT2D eigenvalue weighted by Gasteiger charge is -2.14. The van der Waals surface area contributed by atoms with Crippen LogP contribution in [0.25, 0.3) is 0 Å². The molecule has 0 fully saturated rings. The molecular weight excluding hydrogens is 338 g/mol. The van der Waals surface area contributed by atoms with Crippen molar-refractivity contribution in [3.05, 3.63) is 59.1 Å². The zero-order valence-electron chi connectivity index (χ0n) is 14.5. The number of likely N-dealkylation sites (N-methyl/N-ethyl adjacent to an activating group) is 1. The summed E-state index contributed by atoms with van der Waals surface area (Å²) in [5, 5.41) is 6.32. The average molecular weight is 360 g/mol. The third kappa shape index (κ3) is 5.89. The lowest BCUT2D eigenvalue weighted by atomic mass is 10.0. The summed E-state index contributed by atoms with van der Waals surface area (Å²) in [6.45, 7) is 2.13. The zero-order valence-corrected chi connectivity index (χ0v) is 15.3. The summed E-state index contributed by atoms with van der Waals surface area (Å²) in [7, 11) is 3.66. The van der Waals surface area contributed by atoms with Crippen molar-refractivity contribution >= 4 is 34.8 Å². The molecular formula is C19H22ClN3O2.